The molecule has 2 aromatic carbocycles. The third-order valence-electron chi connectivity index (χ3n) is 3.44. The van der Waals surface area contributed by atoms with Crippen molar-refractivity contribution in [1.82, 2.24) is 0 Å². The van der Waals surface area contributed by atoms with Crippen molar-refractivity contribution in [1.29, 1.82) is 0 Å². The first-order valence-electron chi connectivity index (χ1n) is 6.75. The van der Waals surface area contributed by atoms with E-state index in [1.807, 2.05) is 6.92 Å². The highest BCUT2D eigenvalue weighted by atomic mass is 35.5. The van der Waals surface area contributed by atoms with Crippen molar-refractivity contribution >= 4 is 28.3 Å². The van der Waals surface area contributed by atoms with Gasteiger partial charge in [-0.3, -0.25) is 0 Å². The number of aryl methyl sites for hydroxylation is 1. The summed E-state index contributed by atoms with van der Waals surface area (Å²) in [6, 6.07) is 11.0. The number of hydrogen-bond acceptors (Lipinski definition) is 3. The first kappa shape index (κ1) is 14.6. The van der Waals surface area contributed by atoms with Gasteiger partial charge in [-0.1, -0.05) is 11.6 Å². The molecule has 0 aliphatic carbocycles. The van der Waals surface area contributed by atoms with Crippen molar-refractivity contribution in [3.05, 3.63) is 74.9 Å². The van der Waals surface area contributed by atoms with Gasteiger partial charge in [-0.2, -0.15) is 0 Å². The lowest BCUT2D eigenvalue weighted by atomic mass is 10.1. The molecule has 0 unspecified atom stereocenters. The number of hydrogen-bond donors (Lipinski definition) is 1. The van der Waals surface area contributed by atoms with Gasteiger partial charge in [0.05, 0.1) is 0 Å². The fraction of sp³-hybridized carbons (Fsp3) is 0.118. The SMILES string of the molecule is Cc1cc2oc(=O)cc(CNc3ccc(F)cc3)c2cc1Cl. The van der Waals surface area contributed by atoms with Gasteiger partial charge in [-0.25, -0.2) is 9.18 Å². The van der Waals surface area contributed by atoms with Crippen molar-refractivity contribution in [2.75, 3.05) is 5.32 Å². The second-order valence-corrected chi connectivity index (χ2v) is 5.46. The molecule has 3 rings (SSSR count). The van der Waals surface area contributed by atoms with E-state index in [9.17, 15) is 9.18 Å². The van der Waals surface area contributed by atoms with Crippen LogP contribution < -0.4 is 10.9 Å². The second-order valence-electron chi connectivity index (χ2n) is 5.05. The van der Waals surface area contributed by atoms with Gasteiger partial charge in [0.2, 0.25) is 0 Å². The Kier molecular flexibility index (Phi) is 3.86. The van der Waals surface area contributed by atoms with E-state index in [0.717, 1.165) is 22.2 Å². The summed E-state index contributed by atoms with van der Waals surface area (Å²) in [7, 11) is 0. The summed E-state index contributed by atoms with van der Waals surface area (Å²) in [5.41, 5.74) is 2.48. The van der Waals surface area contributed by atoms with Crippen LogP contribution in [0.4, 0.5) is 10.1 Å². The quantitative estimate of drug-likeness (QED) is 0.723. The van der Waals surface area contributed by atoms with Gasteiger partial charge < -0.3 is 9.73 Å². The van der Waals surface area contributed by atoms with Crippen molar-refractivity contribution in [2.45, 2.75) is 13.5 Å². The Morgan fingerprint density at radius 1 is 1.18 bits per heavy atom. The van der Waals surface area contributed by atoms with Crippen LogP contribution in [0.2, 0.25) is 5.02 Å². The van der Waals surface area contributed by atoms with Crippen LogP contribution in [0.3, 0.4) is 0 Å². The van der Waals surface area contributed by atoms with Crippen LogP contribution in [0.15, 0.2) is 51.7 Å². The van der Waals surface area contributed by atoms with Crippen LogP contribution in [0, 0.1) is 12.7 Å². The van der Waals surface area contributed by atoms with E-state index < -0.39 is 5.63 Å². The molecule has 0 saturated carbocycles. The molecule has 3 nitrogen and oxygen atoms in total. The lowest BCUT2D eigenvalue weighted by Gasteiger charge is -2.09. The monoisotopic (exact) mass is 317 g/mol. The van der Waals surface area contributed by atoms with Gasteiger partial charge in [0, 0.05) is 28.7 Å². The maximum atomic E-state index is 12.9. The first-order chi connectivity index (χ1) is 10.5. The van der Waals surface area contributed by atoms with Crippen molar-refractivity contribution in [3.63, 3.8) is 0 Å². The molecule has 1 aromatic heterocycles. The number of fused-ring (bicyclic) bond motifs is 1. The Bertz CT molecular complexity index is 888. The third kappa shape index (κ3) is 2.97. The van der Waals surface area contributed by atoms with E-state index >= 15 is 0 Å². The number of benzene rings is 2. The highest BCUT2D eigenvalue weighted by molar-refractivity contribution is 6.32. The second kappa shape index (κ2) is 5.81. The number of rotatable bonds is 3. The summed E-state index contributed by atoms with van der Waals surface area (Å²) >= 11 is 6.15. The van der Waals surface area contributed by atoms with Gasteiger partial charge in [0.15, 0.2) is 0 Å². The van der Waals surface area contributed by atoms with E-state index in [1.165, 1.54) is 18.2 Å². The zero-order chi connectivity index (χ0) is 15.7. The number of halogens is 2. The Morgan fingerprint density at radius 3 is 2.64 bits per heavy atom. The predicted octanol–water partition coefficient (Wildman–Crippen LogP) is 4.51. The fourth-order valence-electron chi connectivity index (χ4n) is 2.26. The third-order valence-corrected chi connectivity index (χ3v) is 3.84. The average Bonchev–Trinajstić information content (AvgIpc) is 2.48. The molecule has 0 saturated heterocycles. The van der Waals surface area contributed by atoms with Crippen LogP contribution in [-0.2, 0) is 6.54 Å². The molecule has 0 aliphatic rings. The molecular formula is C17H13ClFNO2. The summed E-state index contributed by atoms with van der Waals surface area (Å²) in [4.78, 5) is 11.7. The maximum absolute atomic E-state index is 12.9. The van der Waals surface area contributed by atoms with Gasteiger partial charge in [-0.05, 0) is 54.4 Å². The van der Waals surface area contributed by atoms with Gasteiger partial charge in [0.1, 0.15) is 11.4 Å². The lowest BCUT2D eigenvalue weighted by molar-refractivity contribution is 0.559. The Morgan fingerprint density at radius 2 is 1.91 bits per heavy atom. The molecule has 5 heteroatoms. The van der Waals surface area contributed by atoms with Crippen molar-refractivity contribution in [2.24, 2.45) is 0 Å². The fourth-order valence-corrected chi connectivity index (χ4v) is 2.42. The lowest BCUT2D eigenvalue weighted by Crippen LogP contribution is -2.06. The highest BCUT2D eigenvalue weighted by Crippen LogP contribution is 2.25. The minimum atomic E-state index is -0.412. The van der Waals surface area contributed by atoms with E-state index in [1.54, 1.807) is 24.3 Å². The predicted molar refractivity (Wildman–Crippen MR) is 86.0 cm³/mol. The zero-order valence-electron chi connectivity index (χ0n) is 11.8. The Balaban J connectivity index is 1.97. The first-order valence-corrected chi connectivity index (χ1v) is 7.13. The van der Waals surface area contributed by atoms with E-state index in [4.69, 9.17) is 16.0 Å². The van der Waals surface area contributed by atoms with Gasteiger partial charge in [-0.15, -0.1) is 0 Å². The van der Waals surface area contributed by atoms with Crippen LogP contribution >= 0.6 is 11.6 Å². The average molecular weight is 318 g/mol. The Hall–Kier alpha value is -2.33. The standard InChI is InChI=1S/C17H13ClFNO2/c1-10-6-16-14(8-15(10)18)11(7-17(21)22-16)9-20-13-4-2-12(19)3-5-13/h2-8,20H,9H2,1H3. The molecule has 0 aliphatic heterocycles. The molecular weight excluding hydrogens is 305 g/mol. The van der Waals surface area contributed by atoms with Crippen LogP contribution in [0.5, 0.6) is 0 Å². The molecule has 1 N–H and O–H groups in total. The summed E-state index contributed by atoms with van der Waals surface area (Å²) in [6.07, 6.45) is 0. The van der Waals surface area contributed by atoms with Crippen LogP contribution in [0.25, 0.3) is 11.0 Å². The molecule has 0 atom stereocenters. The minimum Gasteiger partial charge on any atom is -0.423 e. The van der Waals surface area contributed by atoms with Crippen molar-refractivity contribution in [3.8, 4) is 0 Å². The molecule has 0 spiro atoms. The molecule has 22 heavy (non-hydrogen) atoms. The molecule has 3 aromatic rings. The molecule has 0 radical (unpaired) electrons. The number of anilines is 1. The highest BCUT2D eigenvalue weighted by Gasteiger charge is 2.08. The van der Waals surface area contributed by atoms with Crippen molar-refractivity contribution < 1.29 is 8.81 Å². The Labute approximate surface area is 131 Å². The summed E-state index contributed by atoms with van der Waals surface area (Å²) in [6.45, 7) is 2.26. The van der Waals surface area contributed by atoms with E-state index in [0.29, 0.717) is 17.2 Å². The minimum absolute atomic E-state index is 0.293. The zero-order valence-corrected chi connectivity index (χ0v) is 12.6. The molecule has 0 bridgehead atoms. The molecule has 0 amide bonds. The van der Waals surface area contributed by atoms with Crippen LogP contribution in [-0.4, -0.2) is 0 Å². The van der Waals surface area contributed by atoms with Gasteiger partial charge >= 0.3 is 5.63 Å². The molecule has 112 valence electrons. The summed E-state index contributed by atoms with van der Waals surface area (Å²) in [5.74, 6) is -0.293. The molecule has 1 heterocycles. The number of nitrogens with one attached hydrogen (secondary N) is 1. The summed E-state index contributed by atoms with van der Waals surface area (Å²) in [5, 5.41) is 4.55. The summed E-state index contributed by atoms with van der Waals surface area (Å²) < 4.78 is 18.1. The normalized spacial score (nSPS) is 10.9. The van der Waals surface area contributed by atoms with E-state index in [-0.39, 0.29) is 5.82 Å². The maximum Gasteiger partial charge on any atom is 0.336 e. The molecule has 0 fully saturated rings. The van der Waals surface area contributed by atoms with Crippen LogP contribution in [0.1, 0.15) is 11.1 Å². The van der Waals surface area contributed by atoms with Gasteiger partial charge in [0.25, 0.3) is 0 Å². The smallest absolute Gasteiger partial charge is 0.336 e. The largest absolute Gasteiger partial charge is 0.423 e. The van der Waals surface area contributed by atoms with E-state index in [2.05, 4.69) is 5.32 Å². The topological polar surface area (TPSA) is 42.2 Å².